The highest BCUT2D eigenvalue weighted by Gasteiger charge is 2.13. The first-order chi connectivity index (χ1) is 10.6. The van der Waals surface area contributed by atoms with Gasteiger partial charge in [-0.05, 0) is 30.7 Å². The van der Waals surface area contributed by atoms with Crippen LogP contribution in [0.4, 0.5) is 5.69 Å². The number of nitrogens with zero attached hydrogens (tertiary/aromatic N) is 1. The normalized spacial score (nSPS) is 10.5. The van der Waals surface area contributed by atoms with Gasteiger partial charge in [0.1, 0.15) is 5.69 Å². The molecule has 110 valence electrons. The van der Waals surface area contributed by atoms with Gasteiger partial charge < -0.3 is 5.32 Å². The maximum atomic E-state index is 12.3. The smallest absolute Gasteiger partial charge is 0.273 e. The Morgan fingerprint density at radius 2 is 1.86 bits per heavy atom. The molecule has 5 heteroatoms. The number of aromatic nitrogens is 2. The second-order valence-corrected chi connectivity index (χ2v) is 5.32. The number of hydrogen-bond acceptors (Lipinski definition) is 2. The predicted octanol–water partition coefficient (Wildman–Crippen LogP) is 4.29. The molecule has 0 spiro atoms. The molecule has 0 radical (unpaired) electrons. The number of aryl methyl sites for hydroxylation is 1. The molecule has 0 fully saturated rings. The molecule has 3 aromatic rings. The molecule has 0 saturated carbocycles. The van der Waals surface area contributed by atoms with Crippen molar-refractivity contribution in [3.63, 3.8) is 0 Å². The third-order valence-corrected chi connectivity index (χ3v) is 3.70. The van der Waals surface area contributed by atoms with E-state index in [1.54, 1.807) is 12.1 Å². The lowest BCUT2D eigenvalue weighted by Crippen LogP contribution is -2.13. The van der Waals surface area contributed by atoms with E-state index in [-0.39, 0.29) is 5.91 Å². The number of H-pyrrole nitrogens is 1. The Labute approximate surface area is 133 Å². The number of rotatable bonds is 3. The Hall–Kier alpha value is -2.59. The zero-order chi connectivity index (χ0) is 15.5. The fraction of sp³-hybridized carbons (Fsp3) is 0.0588. The van der Waals surface area contributed by atoms with E-state index < -0.39 is 0 Å². The Bertz CT molecular complexity index is 826. The summed E-state index contributed by atoms with van der Waals surface area (Å²) in [6, 6.07) is 16.7. The van der Waals surface area contributed by atoms with Gasteiger partial charge in [-0.1, -0.05) is 48.0 Å². The second kappa shape index (κ2) is 6.03. The first-order valence-electron chi connectivity index (χ1n) is 6.82. The van der Waals surface area contributed by atoms with Gasteiger partial charge in [-0.2, -0.15) is 5.10 Å². The molecule has 22 heavy (non-hydrogen) atoms. The molecule has 2 N–H and O–H groups in total. The predicted molar refractivity (Wildman–Crippen MR) is 88.2 cm³/mol. The molecule has 1 heterocycles. The number of anilines is 1. The minimum absolute atomic E-state index is 0.236. The Balaban J connectivity index is 1.84. The monoisotopic (exact) mass is 311 g/mol. The van der Waals surface area contributed by atoms with Gasteiger partial charge in [0.15, 0.2) is 0 Å². The molecule has 0 saturated heterocycles. The van der Waals surface area contributed by atoms with E-state index in [1.165, 1.54) is 0 Å². The summed E-state index contributed by atoms with van der Waals surface area (Å²) in [5.41, 5.74) is 3.59. The number of hydrogen-bond donors (Lipinski definition) is 2. The van der Waals surface area contributed by atoms with Gasteiger partial charge in [-0.15, -0.1) is 0 Å². The van der Waals surface area contributed by atoms with Crippen LogP contribution in [0.2, 0.25) is 5.02 Å². The molecule has 0 aliphatic rings. The Kier molecular flexibility index (Phi) is 3.94. The van der Waals surface area contributed by atoms with Gasteiger partial charge in [0, 0.05) is 11.3 Å². The molecule has 0 aliphatic heterocycles. The Morgan fingerprint density at radius 1 is 1.14 bits per heavy atom. The first-order valence-corrected chi connectivity index (χ1v) is 7.20. The van der Waals surface area contributed by atoms with Crippen LogP contribution in [0.1, 0.15) is 16.1 Å². The van der Waals surface area contributed by atoms with Crippen molar-refractivity contribution in [3.8, 4) is 11.3 Å². The second-order valence-electron chi connectivity index (χ2n) is 4.92. The molecular formula is C17H14ClN3O. The molecule has 0 atom stereocenters. The molecule has 3 rings (SSSR count). The highest BCUT2D eigenvalue weighted by Crippen LogP contribution is 2.26. The van der Waals surface area contributed by atoms with Crippen LogP contribution in [0.15, 0.2) is 54.6 Å². The van der Waals surface area contributed by atoms with E-state index in [4.69, 9.17) is 11.6 Å². The summed E-state index contributed by atoms with van der Waals surface area (Å²) in [6.45, 7) is 1.94. The molecule has 4 nitrogen and oxygen atoms in total. The van der Waals surface area contributed by atoms with Crippen molar-refractivity contribution in [2.75, 3.05) is 5.32 Å². The van der Waals surface area contributed by atoms with Crippen LogP contribution >= 0.6 is 11.6 Å². The number of carbonyl (C=O) groups is 1. The highest BCUT2D eigenvalue weighted by molar-refractivity contribution is 6.33. The lowest BCUT2D eigenvalue weighted by atomic mass is 10.1. The van der Waals surface area contributed by atoms with E-state index in [0.29, 0.717) is 16.4 Å². The minimum atomic E-state index is -0.236. The van der Waals surface area contributed by atoms with Crippen LogP contribution < -0.4 is 5.32 Å². The number of amides is 1. The number of para-hydroxylation sites is 1. The number of aromatic amines is 1. The van der Waals surface area contributed by atoms with E-state index in [2.05, 4.69) is 15.5 Å². The average molecular weight is 312 g/mol. The zero-order valence-corrected chi connectivity index (χ0v) is 12.7. The third kappa shape index (κ3) is 2.87. The van der Waals surface area contributed by atoms with Crippen molar-refractivity contribution in [2.24, 2.45) is 0 Å². The van der Waals surface area contributed by atoms with Crippen molar-refractivity contribution in [1.29, 1.82) is 0 Å². The van der Waals surface area contributed by atoms with Crippen molar-refractivity contribution in [3.05, 3.63) is 70.9 Å². The van der Waals surface area contributed by atoms with Crippen LogP contribution in [0.3, 0.4) is 0 Å². The molecule has 1 amide bonds. The van der Waals surface area contributed by atoms with Crippen LogP contribution in [0, 0.1) is 6.92 Å². The summed E-state index contributed by atoms with van der Waals surface area (Å²) >= 11 is 6.14. The van der Waals surface area contributed by atoms with E-state index in [9.17, 15) is 4.79 Å². The van der Waals surface area contributed by atoms with Crippen molar-refractivity contribution >= 4 is 23.2 Å². The molecular weight excluding hydrogens is 298 g/mol. The van der Waals surface area contributed by atoms with Crippen LogP contribution in [-0.4, -0.2) is 16.1 Å². The number of benzene rings is 2. The largest absolute Gasteiger partial charge is 0.320 e. The number of carbonyl (C=O) groups excluding carboxylic acids is 1. The van der Waals surface area contributed by atoms with Gasteiger partial charge in [0.25, 0.3) is 5.91 Å². The van der Waals surface area contributed by atoms with Gasteiger partial charge in [0.2, 0.25) is 0 Å². The van der Waals surface area contributed by atoms with Crippen molar-refractivity contribution in [2.45, 2.75) is 6.92 Å². The first kappa shape index (κ1) is 14.4. The van der Waals surface area contributed by atoms with Crippen LogP contribution in [0.25, 0.3) is 11.3 Å². The van der Waals surface area contributed by atoms with Gasteiger partial charge >= 0.3 is 0 Å². The molecule has 0 unspecified atom stereocenters. The van der Waals surface area contributed by atoms with Gasteiger partial charge in [-0.25, -0.2) is 0 Å². The molecule has 0 bridgehead atoms. The number of nitrogens with one attached hydrogen (secondary N) is 2. The third-order valence-electron chi connectivity index (χ3n) is 3.37. The van der Waals surface area contributed by atoms with Crippen LogP contribution in [-0.2, 0) is 0 Å². The average Bonchev–Trinajstić information content (AvgIpc) is 3.00. The van der Waals surface area contributed by atoms with E-state index in [0.717, 1.165) is 16.8 Å². The highest BCUT2D eigenvalue weighted by atomic mass is 35.5. The fourth-order valence-corrected chi connectivity index (χ4v) is 2.38. The quantitative estimate of drug-likeness (QED) is 0.758. The molecule has 0 aliphatic carbocycles. The fourth-order valence-electron chi connectivity index (χ4n) is 2.15. The SMILES string of the molecule is Cc1ccccc1NC(=O)c1cc(-c2ccccc2Cl)n[nH]1. The van der Waals surface area contributed by atoms with Crippen molar-refractivity contribution in [1.82, 2.24) is 10.2 Å². The molecule has 1 aromatic heterocycles. The summed E-state index contributed by atoms with van der Waals surface area (Å²) in [6.07, 6.45) is 0. The summed E-state index contributed by atoms with van der Waals surface area (Å²) in [5.74, 6) is -0.236. The van der Waals surface area contributed by atoms with Gasteiger partial charge in [0.05, 0.1) is 10.7 Å². The topological polar surface area (TPSA) is 57.8 Å². The number of halogens is 1. The van der Waals surface area contributed by atoms with Crippen molar-refractivity contribution < 1.29 is 4.79 Å². The Morgan fingerprint density at radius 3 is 2.64 bits per heavy atom. The lowest BCUT2D eigenvalue weighted by Gasteiger charge is -2.06. The van der Waals surface area contributed by atoms with E-state index >= 15 is 0 Å². The molecule has 2 aromatic carbocycles. The summed E-state index contributed by atoms with van der Waals surface area (Å²) in [7, 11) is 0. The zero-order valence-electron chi connectivity index (χ0n) is 11.9. The van der Waals surface area contributed by atoms with E-state index in [1.807, 2.05) is 49.4 Å². The summed E-state index contributed by atoms with van der Waals surface area (Å²) in [4.78, 5) is 12.3. The lowest BCUT2D eigenvalue weighted by molar-refractivity contribution is 0.102. The standard InChI is InChI=1S/C17H14ClN3O/c1-11-6-2-5-9-14(11)19-17(22)16-10-15(20-21-16)12-7-3-4-8-13(12)18/h2-10H,1H3,(H,19,22)(H,20,21). The summed E-state index contributed by atoms with van der Waals surface area (Å²) in [5, 5.41) is 10.4. The van der Waals surface area contributed by atoms with Crippen LogP contribution in [0.5, 0.6) is 0 Å². The van der Waals surface area contributed by atoms with Gasteiger partial charge in [-0.3, -0.25) is 9.89 Å². The maximum absolute atomic E-state index is 12.3. The summed E-state index contributed by atoms with van der Waals surface area (Å²) < 4.78 is 0. The minimum Gasteiger partial charge on any atom is -0.320 e. The maximum Gasteiger partial charge on any atom is 0.273 e.